The third-order valence-corrected chi connectivity index (χ3v) is 4.06. The molecule has 126 valence electrons. The molecule has 1 saturated heterocycles. The average molecular weight is 330 g/mol. The Kier molecular flexibility index (Phi) is 5.05. The van der Waals surface area contributed by atoms with Gasteiger partial charge < -0.3 is 14.4 Å². The first-order chi connectivity index (χ1) is 11.7. The van der Waals surface area contributed by atoms with E-state index >= 15 is 0 Å². The van der Waals surface area contributed by atoms with E-state index < -0.39 is 0 Å². The normalized spacial score (nSPS) is 15.1. The highest BCUT2D eigenvalue weighted by atomic mass is 19.1. The van der Waals surface area contributed by atoms with Crippen LogP contribution in [0.5, 0.6) is 5.88 Å². The predicted molar refractivity (Wildman–Crippen MR) is 87.8 cm³/mol. The Hall–Kier alpha value is -2.47. The average Bonchev–Trinajstić information content (AvgIpc) is 2.63. The fraction of sp³-hybridized carbons (Fsp3) is 0.333. The SMILES string of the molecule is COc1ncccc1C(=O)N(c1cccc(F)c1)C1CCOCC1. The second-order valence-electron chi connectivity index (χ2n) is 5.56. The molecule has 1 aliphatic heterocycles. The van der Waals surface area contributed by atoms with Crippen molar-refractivity contribution in [2.75, 3.05) is 25.2 Å². The number of hydrogen-bond donors (Lipinski definition) is 0. The Balaban J connectivity index is 2.01. The van der Waals surface area contributed by atoms with E-state index in [0.717, 1.165) is 0 Å². The lowest BCUT2D eigenvalue weighted by Gasteiger charge is -2.34. The molecule has 0 aliphatic carbocycles. The molecule has 0 atom stereocenters. The van der Waals surface area contributed by atoms with Gasteiger partial charge >= 0.3 is 0 Å². The number of amides is 1. The van der Waals surface area contributed by atoms with Gasteiger partial charge in [0, 0.05) is 31.1 Å². The highest BCUT2D eigenvalue weighted by Crippen LogP contribution is 2.28. The highest BCUT2D eigenvalue weighted by Gasteiger charge is 2.30. The van der Waals surface area contributed by atoms with Crippen LogP contribution in [0.1, 0.15) is 23.2 Å². The third kappa shape index (κ3) is 3.38. The number of methoxy groups -OCH3 is 1. The molecule has 2 aromatic rings. The molecular weight excluding hydrogens is 311 g/mol. The van der Waals surface area contributed by atoms with E-state index in [1.165, 1.54) is 19.2 Å². The number of benzene rings is 1. The number of anilines is 1. The zero-order valence-corrected chi connectivity index (χ0v) is 13.4. The zero-order valence-electron chi connectivity index (χ0n) is 13.4. The summed E-state index contributed by atoms with van der Waals surface area (Å²) in [5, 5.41) is 0. The predicted octanol–water partition coefficient (Wildman–Crippen LogP) is 3.06. The standard InChI is InChI=1S/C18H19FN2O3/c1-23-17-16(6-3-9-20-17)18(22)21(14-7-10-24-11-8-14)15-5-2-4-13(19)12-15/h2-6,9,12,14H,7-8,10-11H2,1H3. The van der Waals surface area contributed by atoms with Crippen molar-refractivity contribution in [3.05, 3.63) is 54.0 Å². The first kappa shape index (κ1) is 16.4. The lowest BCUT2D eigenvalue weighted by molar-refractivity contribution is 0.0770. The summed E-state index contributed by atoms with van der Waals surface area (Å²) in [5.74, 6) is -0.371. The molecule has 0 unspecified atom stereocenters. The number of halogens is 1. The van der Waals surface area contributed by atoms with Gasteiger partial charge in [-0.15, -0.1) is 0 Å². The van der Waals surface area contributed by atoms with Crippen LogP contribution in [0.2, 0.25) is 0 Å². The summed E-state index contributed by atoms with van der Waals surface area (Å²) in [4.78, 5) is 18.9. The Bertz CT molecular complexity index is 717. The number of ether oxygens (including phenoxy) is 2. The van der Waals surface area contributed by atoms with Crippen LogP contribution in [0, 0.1) is 5.82 Å². The quantitative estimate of drug-likeness (QED) is 0.864. The van der Waals surface area contributed by atoms with Crippen LogP contribution >= 0.6 is 0 Å². The first-order valence-electron chi connectivity index (χ1n) is 7.86. The van der Waals surface area contributed by atoms with Crippen LogP contribution in [0.15, 0.2) is 42.6 Å². The van der Waals surface area contributed by atoms with Crippen molar-refractivity contribution >= 4 is 11.6 Å². The van der Waals surface area contributed by atoms with Crippen LogP contribution in [-0.2, 0) is 4.74 Å². The van der Waals surface area contributed by atoms with Gasteiger partial charge in [0.05, 0.1) is 7.11 Å². The maximum Gasteiger partial charge on any atom is 0.264 e. The topological polar surface area (TPSA) is 51.7 Å². The zero-order chi connectivity index (χ0) is 16.9. The van der Waals surface area contributed by atoms with E-state index in [-0.39, 0.29) is 23.6 Å². The van der Waals surface area contributed by atoms with Gasteiger partial charge in [-0.3, -0.25) is 4.79 Å². The second kappa shape index (κ2) is 7.40. The lowest BCUT2D eigenvalue weighted by Crippen LogP contribution is -2.44. The van der Waals surface area contributed by atoms with Crippen molar-refractivity contribution in [3.8, 4) is 5.88 Å². The maximum absolute atomic E-state index is 13.7. The van der Waals surface area contributed by atoms with E-state index in [0.29, 0.717) is 37.3 Å². The molecule has 0 N–H and O–H groups in total. The minimum atomic E-state index is -0.379. The number of aromatic nitrogens is 1. The van der Waals surface area contributed by atoms with Gasteiger partial charge in [0.15, 0.2) is 0 Å². The summed E-state index contributed by atoms with van der Waals surface area (Å²) < 4.78 is 24.3. The molecule has 1 aliphatic rings. The number of carbonyl (C=O) groups excluding carboxylic acids is 1. The van der Waals surface area contributed by atoms with Gasteiger partial charge in [-0.05, 0) is 43.2 Å². The monoisotopic (exact) mass is 330 g/mol. The molecule has 24 heavy (non-hydrogen) atoms. The van der Waals surface area contributed by atoms with E-state index in [9.17, 15) is 9.18 Å². The largest absolute Gasteiger partial charge is 0.480 e. The van der Waals surface area contributed by atoms with Gasteiger partial charge in [0.25, 0.3) is 5.91 Å². The molecule has 1 fully saturated rings. The Labute approximate surface area is 140 Å². The van der Waals surface area contributed by atoms with Crippen molar-refractivity contribution in [2.45, 2.75) is 18.9 Å². The Morgan fingerprint density at radius 2 is 2.08 bits per heavy atom. The lowest BCUT2D eigenvalue weighted by atomic mass is 10.0. The molecule has 6 heteroatoms. The Morgan fingerprint density at radius 1 is 1.29 bits per heavy atom. The molecule has 0 bridgehead atoms. The molecule has 5 nitrogen and oxygen atoms in total. The minimum absolute atomic E-state index is 0.0574. The smallest absolute Gasteiger partial charge is 0.264 e. The van der Waals surface area contributed by atoms with Crippen LogP contribution in [0.3, 0.4) is 0 Å². The number of carbonyl (C=O) groups is 1. The van der Waals surface area contributed by atoms with Crippen LogP contribution in [0.25, 0.3) is 0 Å². The van der Waals surface area contributed by atoms with Crippen molar-refractivity contribution < 1.29 is 18.7 Å². The van der Waals surface area contributed by atoms with Crippen molar-refractivity contribution in [1.82, 2.24) is 4.98 Å². The van der Waals surface area contributed by atoms with E-state index in [1.807, 2.05) is 0 Å². The molecule has 1 aromatic carbocycles. The molecule has 0 saturated carbocycles. The maximum atomic E-state index is 13.7. The number of pyridine rings is 1. The van der Waals surface area contributed by atoms with Gasteiger partial charge in [0.2, 0.25) is 5.88 Å². The van der Waals surface area contributed by atoms with Crippen LogP contribution < -0.4 is 9.64 Å². The fourth-order valence-corrected chi connectivity index (χ4v) is 2.91. The number of hydrogen-bond acceptors (Lipinski definition) is 4. The number of rotatable bonds is 4. The van der Waals surface area contributed by atoms with Gasteiger partial charge in [-0.25, -0.2) is 9.37 Å². The summed E-state index contributed by atoms with van der Waals surface area (Å²) in [6.07, 6.45) is 2.96. The summed E-state index contributed by atoms with van der Waals surface area (Å²) in [6.45, 7) is 1.15. The van der Waals surface area contributed by atoms with Gasteiger partial charge in [-0.2, -0.15) is 0 Å². The van der Waals surface area contributed by atoms with Gasteiger partial charge in [-0.1, -0.05) is 6.07 Å². The molecule has 1 aromatic heterocycles. The second-order valence-corrected chi connectivity index (χ2v) is 5.56. The van der Waals surface area contributed by atoms with Crippen molar-refractivity contribution in [2.24, 2.45) is 0 Å². The van der Waals surface area contributed by atoms with Crippen LogP contribution in [0.4, 0.5) is 10.1 Å². The van der Waals surface area contributed by atoms with E-state index in [1.54, 1.807) is 35.4 Å². The summed E-state index contributed by atoms with van der Waals surface area (Å²) >= 11 is 0. The van der Waals surface area contributed by atoms with Crippen molar-refractivity contribution in [3.63, 3.8) is 0 Å². The van der Waals surface area contributed by atoms with Crippen LogP contribution in [-0.4, -0.2) is 37.3 Å². The number of nitrogens with zero attached hydrogens (tertiary/aromatic N) is 2. The fourth-order valence-electron chi connectivity index (χ4n) is 2.91. The summed E-state index contributed by atoms with van der Waals surface area (Å²) in [7, 11) is 1.47. The highest BCUT2D eigenvalue weighted by molar-refractivity contribution is 6.08. The minimum Gasteiger partial charge on any atom is -0.480 e. The van der Waals surface area contributed by atoms with Gasteiger partial charge in [0.1, 0.15) is 11.4 Å². The molecular formula is C18H19FN2O3. The Morgan fingerprint density at radius 3 is 2.79 bits per heavy atom. The molecule has 1 amide bonds. The first-order valence-corrected chi connectivity index (χ1v) is 7.86. The summed E-state index contributed by atoms with van der Waals surface area (Å²) in [5.41, 5.74) is 0.883. The summed E-state index contributed by atoms with van der Waals surface area (Å²) in [6, 6.07) is 9.36. The molecule has 0 spiro atoms. The van der Waals surface area contributed by atoms with E-state index in [4.69, 9.17) is 9.47 Å². The molecule has 2 heterocycles. The molecule has 3 rings (SSSR count). The van der Waals surface area contributed by atoms with E-state index in [2.05, 4.69) is 4.98 Å². The van der Waals surface area contributed by atoms with Crippen molar-refractivity contribution in [1.29, 1.82) is 0 Å². The molecule has 0 radical (unpaired) electrons. The third-order valence-electron chi connectivity index (χ3n) is 4.06.